The van der Waals surface area contributed by atoms with Crippen LogP contribution in [0.3, 0.4) is 0 Å². The van der Waals surface area contributed by atoms with Gasteiger partial charge in [-0.2, -0.15) is 0 Å². The third-order valence-electron chi connectivity index (χ3n) is 4.72. The SMILES string of the molecule is CCNC(=O)NC[C@@H]1CC[C@@]2(COCCN(Cc3cccnc3)C2)O1. The molecule has 138 valence electrons. The summed E-state index contributed by atoms with van der Waals surface area (Å²) in [4.78, 5) is 18.1. The molecule has 2 aliphatic rings. The predicted octanol–water partition coefficient (Wildman–Crippen LogP) is 1.15. The zero-order valence-corrected chi connectivity index (χ0v) is 14.9. The zero-order valence-electron chi connectivity index (χ0n) is 14.9. The molecule has 3 heterocycles. The molecule has 2 fully saturated rings. The van der Waals surface area contributed by atoms with Crippen LogP contribution in [0.2, 0.25) is 0 Å². The van der Waals surface area contributed by atoms with Gasteiger partial charge in [-0.25, -0.2) is 4.79 Å². The van der Waals surface area contributed by atoms with E-state index in [0.29, 0.717) is 26.3 Å². The van der Waals surface area contributed by atoms with E-state index < -0.39 is 0 Å². The van der Waals surface area contributed by atoms with Crippen LogP contribution in [0.4, 0.5) is 4.79 Å². The van der Waals surface area contributed by atoms with E-state index >= 15 is 0 Å². The molecule has 1 aromatic heterocycles. The Kier molecular flexibility index (Phi) is 6.23. The van der Waals surface area contributed by atoms with Gasteiger partial charge in [0.05, 0.1) is 19.3 Å². The molecule has 7 nitrogen and oxygen atoms in total. The Labute approximate surface area is 149 Å². The van der Waals surface area contributed by atoms with Crippen molar-refractivity contribution >= 4 is 6.03 Å². The minimum atomic E-state index is -0.272. The Bertz CT molecular complexity index is 557. The van der Waals surface area contributed by atoms with E-state index in [1.165, 1.54) is 5.56 Å². The van der Waals surface area contributed by atoms with Crippen LogP contribution in [-0.4, -0.2) is 67.0 Å². The van der Waals surface area contributed by atoms with Crippen molar-refractivity contribution < 1.29 is 14.3 Å². The van der Waals surface area contributed by atoms with Gasteiger partial charge in [-0.15, -0.1) is 0 Å². The number of aromatic nitrogens is 1. The maximum atomic E-state index is 11.6. The molecule has 2 atom stereocenters. The van der Waals surface area contributed by atoms with Gasteiger partial charge in [0.2, 0.25) is 0 Å². The number of hydrogen-bond donors (Lipinski definition) is 2. The van der Waals surface area contributed by atoms with E-state index in [-0.39, 0.29) is 17.7 Å². The van der Waals surface area contributed by atoms with Crippen LogP contribution in [0, 0.1) is 0 Å². The summed E-state index contributed by atoms with van der Waals surface area (Å²) in [5.41, 5.74) is 0.929. The van der Waals surface area contributed by atoms with Crippen LogP contribution in [0.25, 0.3) is 0 Å². The molecule has 0 saturated carbocycles. The van der Waals surface area contributed by atoms with Gasteiger partial charge in [-0.1, -0.05) is 6.07 Å². The quantitative estimate of drug-likeness (QED) is 0.835. The number of carbonyl (C=O) groups excluding carboxylic acids is 1. The van der Waals surface area contributed by atoms with Crippen molar-refractivity contribution in [1.29, 1.82) is 0 Å². The highest BCUT2D eigenvalue weighted by Crippen LogP contribution is 2.33. The van der Waals surface area contributed by atoms with Crippen molar-refractivity contribution in [3.8, 4) is 0 Å². The van der Waals surface area contributed by atoms with Crippen molar-refractivity contribution in [2.24, 2.45) is 0 Å². The zero-order chi connectivity index (χ0) is 17.5. The van der Waals surface area contributed by atoms with E-state index in [9.17, 15) is 4.79 Å². The van der Waals surface area contributed by atoms with Crippen LogP contribution >= 0.6 is 0 Å². The Morgan fingerprint density at radius 1 is 1.48 bits per heavy atom. The van der Waals surface area contributed by atoms with Crippen molar-refractivity contribution in [3.63, 3.8) is 0 Å². The van der Waals surface area contributed by atoms with Gasteiger partial charge in [-0.05, 0) is 31.4 Å². The second kappa shape index (κ2) is 8.60. The molecule has 7 heteroatoms. The molecule has 2 amide bonds. The maximum Gasteiger partial charge on any atom is 0.314 e. The molecular weight excluding hydrogens is 320 g/mol. The molecule has 25 heavy (non-hydrogen) atoms. The van der Waals surface area contributed by atoms with Crippen molar-refractivity contribution in [2.75, 3.05) is 39.4 Å². The normalized spacial score (nSPS) is 27.2. The average molecular weight is 348 g/mol. The van der Waals surface area contributed by atoms with Gasteiger partial charge in [0.1, 0.15) is 5.60 Å². The first-order valence-corrected chi connectivity index (χ1v) is 9.08. The van der Waals surface area contributed by atoms with Crippen molar-refractivity contribution in [2.45, 2.75) is 38.0 Å². The summed E-state index contributed by atoms with van der Waals surface area (Å²) in [6, 6.07) is 3.93. The second-order valence-electron chi connectivity index (χ2n) is 6.83. The first kappa shape index (κ1) is 18.1. The molecule has 1 aromatic rings. The largest absolute Gasteiger partial charge is 0.377 e. The Hall–Kier alpha value is -1.70. The standard InChI is InChI=1S/C18H28N4O3/c1-2-20-17(23)21-11-16-5-6-18(25-16)13-22(8-9-24-14-18)12-15-4-3-7-19-10-15/h3-4,7,10,16H,2,5-6,8-9,11-14H2,1H3,(H2,20,21,23)/t16-,18+/m0/s1. The molecule has 1 spiro atoms. The third-order valence-corrected chi connectivity index (χ3v) is 4.72. The Morgan fingerprint density at radius 2 is 2.40 bits per heavy atom. The molecule has 0 unspecified atom stereocenters. The molecule has 2 saturated heterocycles. The summed E-state index contributed by atoms with van der Waals surface area (Å²) < 4.78 is 12.2. The lowest BCUT2D eigenvalue weighted by Gasteiger charge is -2.32. The minimum Gasteiger partial charge on any atom is -0.377 e. The van der Waals surface area contributed by atoms with E-state index in [4.69, 9.17) is 9.47 Å². The lowest BCUT2D eigenvalue weighted by molar-refractivity contribution is -0.0847. The number of urea groups is 1. The lowest BCUT2D eigenvalue weighted by Crippen LogP contribution is -2.46. The first-order chi connectivity index (χ1) is 12.2. The number of rotatable bonds is 5. The van der Waals surface area contributed by atoms with E-state index in [0.717, 1.165) is 32.5 Å². The molecule has 0 bridgehead atoms. The molecule has 2 aliphatic heterocycles. The minimum absolute atomic E-state index is 0.0459. The van der Waals surface area contributed by atoms with E-state index in [1.54, 1.807) is 6.20 Å². The summed E-state index contributed by atoms with van der Waals surface area (Å²) in [5.74, 6) is 0. The molecular formula is C18H28N4O3. The predicted molar refractivity (Wildman–Crippen MR) is 94.2 cm³/mol. The number of amides is 2. The fourth-order valence-corrected chi connectivity index (χ4v) is 3.56. The van der Waals surface area contributed by atoms with Crippen LogP contribution in [0.1, 0.15) is 25.3 Å². The number of nitrogens with one attached hydrogen (secondary N) is 2. The highest BCUT2D eigenvalue weighted by atomic mass is 16.6. The fraction of sp³-hybridized carbons (Fsp3) is 0.667. The molecule has 0 aliphatic carbocycles. The number of nitrogens with zero attached hydrogens (tertiary/aromatic N) is 2. The monoisotopic (exact) mass is 348 g/mol. The molecule has 0 aromatic carbocycles. The summed E-state index contributed by atoms with van der Waals surface area (Å²) in [6.45, 7) is 6.99. The molecule has 3 rings (SSSR count). The lowest BCUT2D eigenvalue weighted by atomic mass is 10.00. The number of pyridine rings is 1. The van der Waals surface area contributed by atoms with Crippen molar-refractivity contribution in [3.05, 3.63) is 30.1 Å². The van der Waals surface area contributed by atoms with Crippen LogP contribution in [0.15, 0.2) is 24.5 Å². The highest BCUT2D eigenvalue weighted by molar-refractivity contribution is 5.73. The van der Waals surface area contributed by atoms with Gasteiger partial charge < -0.3 is 20.1 Å². The van der Waals surface area contributed by atoms with Gasteiger partial charge in [0, 0.05) is 45.1 Å². The van der Waals surface area contributed by atoms with Gasteiger partial charge in [-0.3, -0.25) is 9.88 Å². The van der Waals surface area contributed by atoms with Gasteiger partial charge >= 0.3 is 6.03 Å². The van der Waals surface area contributed by atoms with E-state index in [1.807, 2.05) is 19.2 Å². The molecule has 0 radical (unpaired) electrons. The van der Waals surface area contributed by atoms with Crippen LogP contribution < -0.4 is 10.6 Å². The third kappa shape index (κ3) is 5.14. The smallest absolute Gasteiger partial charge is 0.314 e. The summed E-state index contributed by atoms with van der Waals surface area (Å²) in [7, 11) is 0. The fourth-order valence-electron chi connectivity index (χ4n) is 3.56. The van der Waals surface area contributed by atoms with E-state index in [2.05, 4.69) is 26.6 Å². The van der Waals surface area contributed by atoms with Crippen LogP contribution in [-0.2, 0) is 16.0 Å². The number of ether oxygens (including phenoxy) is 2. The Morgan fingerprint density at radius 3 is 3.20 bits per heavy atom. The Balaban J connectivity index is 1.54. The molecule has 2 N–H and O–H groups in total. The summed E-state index contributed by atoms with van der Waals surface area (Å²) in [5, 5.41) is 5.62. The summed E-state index contributed by atoms with van der Waals surface area (Å²) in [6.07, 6.45) is 5.65. The van der Waals surface area contributed by atoms with Gasteiger partial charge in [0.15, 0.2) is 0 Å². The maximum absolute atomic E-state index is 11.6. The topological polar surface area (TPSA) is 75.7 Å². The summed E-state index contributed by atoms with van der Waals surface area (Å²) >= 11 is 0. The van der Waals surface area contributed by atoms with Crippen molar-refractivity contribution in [1.82, 2.24) is 20.5 Å². The van der Waals surface area contributed by atoms with Crippen LogP contribution in [0.5, 0.6) is 0 Å². The second-order valence-corrected chi connectivity index (χ2v) is 6.83. The number of hydrogen-bond acceptors (Lipinski definition) is 5. The first-order valence-electron chi connectivity index (χ1n) is 9.08. The van der Waals surface area contributed by atoms with Gasteiger partial charge in [0.25, 0.3) is 0 Å². The average Bonchev–Trinajstić information content (AvgIpc) is 2.90. The number of carbonyl (C=O) groups is 1. The highest BCUT2D eigenvalue weighted by Gasteiger charge is 2.43.